The highest BCUT2D eigenvalue weighted by Crippen LogP contribution is 2.08. The van der Waals surface area contributed by atoms with Crippen molar-refractivity contribution in [3.05, 3.63) is 24.2 Å². The highest BCUT2D eigenvalue weighted by molar-refractivity contribution is 6.14. The zero-order chi connectivity index (χ0) is 15.7. The number of carbonyl (C=O) groups is 2. The van der Waals surface area contributed by atoms with Gasteiger partial charge in [0, 0.05) is 6.20 Å². The Morgan fingerprint density at radius 3 is 2.19 bits per heavy atom. The van der Waals surface area contributed by atoms with E-state index < -0.39 is 11.9 Å². The molecule has 1 aromatic rings. The molecule has 114 valence electrons. The molecule has 0 radical (unpaired) electrons. The summed E-state index contributed by atoms with van der Waals surface area (Å²) in [6.07, 6.45) is 3.96. The van der Waals surface area contributed by atoms with Crippen LogP contribution in [0.5, 0.6) is 5.88 Å². The van der Waals surface area contributed by atoms with E-state index in [-0.39, 0.29) is 18.8 Å². The van der Waals surface area contributed by atoms with Crippen LogP contribution in [0.15, 0.2) is 24.2 Å². The predicted octanol–water partition coefficient (Wildman–Crippen LogP) is 0.907. The molecule has 0 saturated heterocycles. The third-order valence-electron chi connectivity index (χ3n) is 2.19. The SMILES string of the molecule is CCOC(=O)C(=CNc1cnc(OC)cn1)C(=O)OCC. The fourth-order valence-corrected chi connectivity index (χ4v) is 1.26. The topological polar surface area (TPSA) is 99.6 Å². The molecule has 1 rings (SSSR count). The number of methoxy groups -OCH3 is 1. The molecular formula is C13H17N3O5. The Bertz CT molecular complexity index is 493. The molecule has 1 aromatic heterocycles. The first-order chi connectivity index (χ1) is 10.1. The first-order valence-electron chi connectivity index (χ1n) is 6.29. The summed E-state index contributed by atoms with van der Waals surface area (Å²) in [5, 5.41) is 2.68. The van der Waals surface area contributed by atoms with Gasteiger partial charge >= 0.3 is 11.9 Å². The maximum absolute atomic E-state index is 11.7. The van der Waals surface area contributed by atoms with Crippen molar-refractivity contribution in [3.8, 4) is 5.88 Å². The number of ether oxygens (including phenoxy) is 3. The van der Waals surface area contributed by atoms with E-state index in [1.807, 2.05) is 0 Å². The molecule has 0 spiro atoms. The maximum atomic E-state index is 11.7. The Kier molecular flexibility index (Phi) is 6.66. The summed E-state index contributed by atoms with van der Waals surface area (Å²) in [5.41, 5.74) is -0.253. The molecule has 21 heavy (non-hydrogen) atoms. The number of carbonyl (C=O) groups excluding carboxylic acids is 2. The van der Waals surface area contributed by atoms with E-state index in [0.717, 1.165) is 0 Å². The van der Waals surface area contributed by atoms with E-state index in [1.165, 1.54) is 25.7 Å². The van der Waals surface area contributed by atoms with E-state index in [0.29, 0.717) is 11.7 Å². The van der Waals surface area contributed by atoms with Gasteiger partial charge in [-0.2, -0.15) is 0 Å². The van der Waals surface area contributed by atoms with Crippen LogP contribution in [0.2, 0.25) is 0 Å². The van der Waals surface area contributed by atoms with Gasteiger partial charge in [-0.25, -0.2) is 19.6 Å². The minimum atomic E-state index is -0.773. The summed E-state index contributed by atoms with van der Waals surface area (Å²) in [4.78, 5) is 31.3. The molecule has 1 heterocycles. The maximum Gasteiger partial charge on any atom is 0.347 e. The van der Waals surface area contributed by atoms with Gasteiger partial charge in [0.05, 0.1) is 32.7 Å². The van der Waals surface area contributed by atoms with Crippen LogP contribution in [-0.2, 0) is 19.1 Å². The van der Waals surface area contributed by atoms with Crippen LogP contribution >= 0.6 is 0 Å². The fourth-order valence-electron chi connectivity index (χ4n) is 1.26. The molecule has 0 aromatic carbocycles. The van der Waals surface area contributed by atoms with Crippen LogP contribution in [0.25, 0.3) is 0 Å². The third-order valence-corrected chi connectivity index (χ3v) is 2.19. The van der Waals surface area contributed by atoms with Crippen molar-refractivity contribution >= 4 is 17.8 Å². The van der Waals surface area contributed by atoms with Gasteiger partial charge in [0.1, 0.15) is 5.82 Å². The molecule has 0 unspecified atom stereocenters. The van der Waals surface area contributed by atoms with Gasteiger partial charge in [0.25, 0.3) is 0 Å². The first kappa shape index (κ1) is 16.4. The average Bonchev–Trinajstić information content (AvgIpc) is 2.48. The van der Waals surface area contributed by atoms with Gasteiger partial charge in [-0.15, -0.1) is 0 Å². The van der Waals surface area contributed by atoms with Crippen LogP contribution in [0.3, 0.4) is 0 Å². The minimum Gasteiger partial charge on any atom is -0.480 e. The van der Waals surface area contributed by atoms with Gasteiger partial charge in [0.2, 0.25) is 5.88 Å². The second-order valence-electron chi connectivity index (χ2n) is 3.59. The molecule has 8 heteroatoms. The molecule has 0 atom stereocenters. The van der Waals surface area contributed by atoms with Gasteiger partial charge in [0.15, 0.2) is 5.57 Å². The Balaban J connectivity index is 2.85. The molecule has 0 aliphatic rings. The highest BCUT2D eigenvalue weighted by atomic mass is 16.6. The quantitative estimate of drug-likeness (QED) is 0.343. The molecule has 0 fully saturated rings. The molecular weight excluding hydrogens is 278 g/mol. The first-order valence-corrected chi connectivity index (χ1v) is 6.29. The minimum absolute atomic E-state index is 0.151. The Morgan fingerprint density at radius 2 is 1.76 bits per heavy atom. The van der Waals surface area contributed by atoms with E-state index in [4.69, 9.17) is 14.2 Å². The van der Waals surface area contributed by atoms with Crippen molar-refractivity contribution < 1.29 is 23.8 Å². The van der Waals surface area contributed by atoms with Crippen molar-refractivity contribution in [1.29, 1.82) is 0 Å². The van der Waals surface area contributed by atoms with Crippen LogP contribution in [-0.4, -0.2) is 42.2 Å². The van der Waals surface area contributed by atoms with Crippen LogP contribution in [0.1, 0.15) is 13.8 Å². The van der Waals surface area contributed by atoms with E-state index in [2.05, 4.69) is 15.3 Å². The second-order valence-corrected chi connectivity index (χ2v) is 3.59. The van der Waals surface area contributed by atoms with Gasteiger partial charge in [-0.1, -0.05) is 0 Å². The van der Waals surface area contributed by atoms with Crippen molar-refractivity contribution in [2.24, 2.45) is 0 Å². The normalized spacial score (nSPS) is 9.48. The van der Waals surface area contributed by atoms with Crippen molar-refractivity contribution in [1.82, 2.24) is 9.97 Å². The second kappa shape index (κ2) is 8.51. The lowest BCUT2D eigenvalue weighted by atomic mass is 10.3. The van der Waals surface area contributed by atoms with Crippen LogP contribution in [0.4, 0.5) is 5.82 Å². The monoisotopic (exact) mass is 295 g/mol. The van der Waals surface area contributed by atoms with Gasteiger partial charge < -0.3 is 19.5 Å². The number of nitrogens with one attached hydrogen (secondary N) is 1. The summed E-state index contributed by atoms with van der Waals surface area (Å²) < 4.78 is 14.5. The number of esters is 2. The predicted molar refractivity (Wildman–Crippen MR) is 73.6 cm³/mol. The molecule has 1 N–H and O–H groups in total. The largest absolute Gasteiger partial charge is 0.480 e. The van der Waals surface area contributed by atoms with Crippen LogP contribution < -0.4 is 10.1 Å². The number of rotatable bonds is 7. The summed E-state index contributed by atoms with van der Waals surface area (Å²) in [5.74, 6) is -0.864. The Labute approximate surface area is 122 Å². The smallest absolute Gasteiger partial charge is 0.347 e. The Morgan fingerprint density at radius 1 is 1.14 bits per heavy atom. The number of anilines is 1. The standard InChI is InChI=1S/C13H17N3O5/c1-4-20-12(17)9(13(18)21-5-2)6-14-10-7-16-11(19-3)8-15-10/h6-8H,4-5H2,1-3H3,(H,14,15). The Hall–Kier alpha value is -2.64. The number of hydrogen-bond donors (Lipinski definition) is 1. The third kappa shape index (κ3) is 5.09. The van der Waals surface area contributed by atoms with E-state index in [9.17, 15) is 9.59 Å². The molecule has 0 bridgehead atoms. The number of nitrogens with zero attached hydrogens (tertiary/aromatic N) is 2. The lowest BCUT2D eigenvalue weighted by Crippen LogP contribution is -2.19. The summed E-state index contributed by atoms with van der Waals surface area (Å²) in [6, 6.07) is 0. The van der Waals surface area contributed by atoms with E-state index in [1.54, 1.807) is 13.8 Å². The average molecular weight is 295 g/mol. The number of hydrogen-bond acceptors (Lipinski definition) is 8. The summed E-state index contributed by atoms with van der Waals surface area (Å²) in [6.45, 7) is 3.59. The lowest BCUT2D eigenvalue weighted by Gasteiger charge is -2.07. The molecule has 0 aliphatic heterocycles. The molecule has 0 saturated carbocycles. The zero-order valence-corrected chi connectivity index (χ0v) is 12.1. The lowest BCUT2D eigenvalue weighted by molar-refractivity contribution is -0.146. The van der Waals surface area contributed by atoms with Gasteiger partial charge in [-0.05, 0) is 13.8 Å². The number of aromatic nitrogens is 2. The van der Waals surface area contributed by atoms with Crippen molar-refractivity contribution in [2.45, 2.75) is 13.8 Å². The molecule has 8 nitrogen and oxygen atoms in total. The van der Waals surface area contributed by atoms with Crippen molar-refractivity contribution in [3.63, 3.8) is 0 Å². The van der Waals surface area contributed by atoms with E-state index >= 15 is 0 Å². The van der Waals surface area contributed by atoms with Crippen molar-refractivity contribution in [2.75, 3.05) is 25.6 Å². The summed E-state index contributed by atoms with van der Waals surface area (Å²) >= 11 is 0. The molecule has 0 amide bonds. The zero-order valence-electron chi connectivity index (χ0n) is 12.1. The fraction of sp³-hybridized carbons (Fsp3) is 0.385. The summed E-state index contributed by atoms with van der Waals surface area (Å²) in [7, 11) is 1.47. The van der Waals surface area contributed by atoms with Crippen LogP contribution in [0, 0.1) is 0 Å². The van der Waals surface area contributed by atoms with Gasteiger partial charge in [-0.3, -0.25) is 0 Å². The molecule has 0 aliphatic carbocycles. The highest BCUT2D eigenvalue weighted by Gasteiger charge is 2.20.